The molecule has 0 fully saturated rings. The molecular weight excluding hydrogens is 306 g/mol. The zero-order chi connectivity index (χ0) is 13.2. The van der Waals surface area contributed by atoms with Crippen molar-refractivity contribution in [2.45, 2.75) is 25.3 Å². The van der Waals surface area contributed by atoms with Crippen molar-refractivity contribution < 1.29 is 9.21 Å². The third-order valence-corrected chi connectivity index (χ3v) is 4.17. The molecule has 1 atom stereocenters. The van der Waals surface area contributed by atoms with E-state index in [9.17, 15) is 4.79 Å². The van der Waals surface area contributed by atoms with Gasteiger partial charge in [-0.05, 0) is 47.0 Å². The van der Waals surface area contributed by atoms with E-state index in [4.69, 9.17) is 4.42 Å². The number of fused-ring (bicyclic) bond motifs is 1. The van der Waals surface area contributed by atoms with Gasteiger partial charge in [0.1, 0.15) is 5.76 Å². The summed E-state index contributed by atoms with van der Waals surface area (Å²) < 4.78 is 6.25. The molecule has 0 aliphatic heterocycles. The van der Waals surface area contributed by atoms with Crippen molar-refractivity contribution in [2.24, 2.45) is 0 Å². The maximum atomic E-state index is 12.3. The summed E-state index contributed by atoms with van der Waals surface area (Å²) in [6, 6.07) is 9.47. The van der Waals surface area contributed by atoms with Crippen LogP contribution in [0.4, 0.5) is 0 Å². The molecule has 3 rings (SSSR count). The van der Waals surface area contributed by atoms with Crippen LogP contribution < -0.4 is 5.32 Å². The Morgan fingerprint density at radius 2 is 2.16 bits per heavy atom. The molecule has 2 aromatic rings. The first-order valence-electron chi connectivity index (χ1n) is 6.37. The highest BCUT2D eigenvalue weighted by molar-refractivity contribution is 9.10. The van der Waals surface area contributed by atoms with Crippen molar-refractivity contribution in [1.29, 1.82) is 0 Å². The number of halogens is 1. The van der Waals surface area contributed by atoms with Crippen LogP contribution in [0.1, 0.15) is 40.6 Å². The number of furan rings is 1. The van der Waals surface area contributed by atoms with E-state index in [-0.39, 0.29) is 11.9 Å². The quantitative estimate of drug-likeness (QED) is 0.913. The van der Waals surface area contributed by atoms with Crippen molar-refractivity contribution >= 4 is 21.8 Å². The number of nitrogens with one attached hydrogen (secondary N) is 1. The number of rotatable bonds is 2. The highest BCUT2D eigenvalue weighted by Crippen LogP contribution is 2.31. The van der Waals surface area contributed by atoms with E-state index in [2.05, 4.69) is 21.2 Å². The second kappa shape index (κ2) is 5.21. The van der Waals surface area contributed by atoms with E-state index < -0.39 is 0 Å². The van der Waals surface area contributed by atoms with Crippen LogP contribution in [-0.4, -0.2) is 5.91 Å². The number of hydrogen-bond acceptors (Lipinski definition) is 2. The van der Waals surface area contributed by atoms with Gasteiger partial charge in [0.05, 0.1) is 17.9 Å². The maximum absolute atomic E-state index is 12.3. The van der Waals surface area contributed by atoms with Gasteiger partial charge in [-0.25, -0.2) is 0 Å². The highest BCUT2D eigenvalue weighted by atomic mass is 79.9. The molecule has 1 amide bonds. The molecule has 4 heteroatoms. The predicted molar refractivity (Wildman–Crippen MR) is 76.0 cm³/mol. The highest BCUT2D eigenvalue weighted by Gasteiger charge is 2.24. The molecule has 1 N–H and O–H groups in total. The van der Waals surface area contributed by atoms with Crippen LogP contribution in [0.15, 0.2) is 45.5 Å². The normalized spacial score (nSPS) is 17.8. The molecule has 0 saturated heterocycles. The second-order valence-electron chi connectivity index (χ2n) is 4.70. The summed E-state index contributed by atoms with van der Waals surface area (Å²) in [4.78, 5) is 12.3. The van der Waals surface area contributed by atoms with Gasteiger partial charge in [0, 0.05) is 16.5 Å². The second-order valence-corrected chi connectivity index (χ2v) is 5.55. The number of carbonyl (C=O) groups is 1. The van der Waals surface area contributed by atoms with Gasteiger partial charge in [-0.3, -0.25) is 4.79 Å². The largest absolute Gasteiger partial charge is 0.469 e. The van der Waals surface area contributed by atoms with Crippen LogP contribution in [0.3, 0.4) is 0 Å². The van der Waals surface area contributed by atoms with Crippen molar-refractivity contribution in [3.8, 4) is 0 Å². The van der Waals surface area contributed by atoms with Gasteiger partial charge in [0.2, 0.25) is 0 Å². The lowest BCUT2D eigenvalue weighted by molar-refractivity contribution is 0.0931. The summed E-state index contributed by atoms with van der Waals surface area (Å²) in [5.41, 5.74) is 1.78. The van der Waals surface area contributed by atoms with Crippen molar-refractivity contribution in [1.82, 2.24) is 5.32 Å². The first-order chi connectivity index (χ1) is 9.25. The van der Waals surface area contributed by atoms with E-state index in [1.165, 1.54) is 0 Å². The van der Waals surface area contributed by atoms with Gasteiger partial charge >= 0.3 is 0 Å². The van der Waals surface area contributed by atoms with Crippen LogP contribution >= 0.6 is 15.9 Å². The fraction of sp³-hybridized carbons (Fsp3) is 0.267. The molecule has 0 saturated carbocycles. The topological polar surface area (TPSA) is 42.2 Å². The Labute approximate surface area is 120 Å². The van der Waals surface area contributed by atoms with Crippen molar-refractivity contribution in [3.63, 3.8) is 0 Å². The molecule has 98 valence electrons. The summed E-state index contributed by atoms with van der Waals surface area (Å²) in [5.74, 6) is 0.954. The molecule has 19 heavy (non-hydrogen) atoms. The zero-order valence-electron chi connectivity index (χ0n) is 10.4. The van der Waals surface area contributed by atoms with Crippen molar-refractivity contribution in [3.05, 3.63) is 58.0 Å². The molecule has 0 spiro atoms. The van der Waals surface area contributed by atoms with Gasteiger partial charge < -0.3 is 9.73 Å². The lowest BCUT2D eigenvalue weighted by Crippen LogP contribution is -2.30. The van der Waals surface area contributed by atoms with Crippen LogP contribution in [-0.2, 0) is 6.42 Å². The first kappa shape index (κ1) is 12.5. The molecule has 1 aromatic heterocycles. The van der Waals surface area contributed by atoms with Gasteiger partial charge in [0.15, 0.2) is 0 Å². The number of carbonyl (C=O) groups excluding carboxylic acids is 1. The minimum absolute atomic E-state index is 0.0495. The molecular formula is C15H14BrNO2. The molecule has 0 bridgehead atoms. The van der Waals surface area contributed by atoms with E-state index in [0.29, 0.717) is 5.56 Å². The molecule has 1 unspecified atom stereocenters. The lowest BCUT2D eigenvalue weighted by atomic mass is 9.93. The average molecular weight is 320 g/mol. The summed E-state index contributed by atoms with van der Waals surface area (Å²) in [5, 5.41) is 3.09. The Morgan fingerprint density at radius 1 is 1.32 bits per heavy atom. The third-order valence-electron chi connectivity index (χ3n) is 3.48. The van der Waals surface area contributed by atoms with Crippen LogP contribution in [0, 0.1) is 0 Å². The number of hydrogen-bond donors (Lipinski definition) is 1. The Kier molecular flexibility index (Phi) is 3.42. The zero-order valence-corrected chi connectivity index (χ0v) is 11.9. The smallest absolute Gasteiger partial charge is 0.252 e. The molecule has 3 nitrogen and oxygen atoms in total. The third kappa shape index (κ3) is 2.45. The SMILES string of the molecule is O=C(NC1CCCc2occc21)c1ccccc1Br. The Bertz CT molecular complexity index is 606. The fourth-order valence-corrected chi connectivity index (χ4v) is 2.98. The molecule has 1 heterocycles. The van der Waals surface area contributed by atoms with E-state index in [1.54, 1.807) is 6.26 Å². The summed E-state index contributed by atoms with van der Waals surface area (Å²) >= 11 is 3.41. The van der Waals surface area contributed by atoms with Crippen LogP contribution in [0.5, 0.6) is 0 Å². The predicted octanol–water partition coefficient (Wildman–Crippen LogP) is 3.85. The monoisotopic (exact) mass is 319 g/mol. The summed E-state index contributed by atoms with van der Waals surface area (Å²) in [7, 11) is 0. The maximum Gasteiger partial charge on any atom is 0.252 e. The van der Waals surface area contributed by atoms with Crippen LogP contribution in [0.25, 0.3) is 0 Å². The van der Waals surface area contributed by atoms with E-state index in [1.807, 2.05) is 30.3 Å². The summed E-state index contributed by atoms with van der Waals surface area (Å²) in [6.45, 7) is 0. The van der Waals surface area contributed by atoms with E-state index in [0.717, 1.165) is 35.1 Å². The Hall–Kier alpha value is -1.55. The fourth-order valence-electron chi connectivity index (χ4n) is 2.52. The van der Waals surface area contributed by atoms with Crippen LogP contribution in [0.2, 0.25) is 0 Å². The lowest BCUT2D eigenvalue weighted by Gasteiger charge is -2.23. The molecule has 1 aliphatic rings. The number of amides is 1. The number of benzene rings is 1. The number of aryl methyl sites for hydroxylation is 1. The minimum atomic E-state index is -0.0495. The van der Waals surface area contributed by atoms with E-state index >= 15 is 0 Å². The summed E-state index contributed by atoms with van der Waals surface area (Å²) in [6.07, 6.45) is 4.67. The van der Waals surface area contributed by atoms with Gasteiger partial charge in [-0.15, -0.1) is 0 Å². The first-order valence-corrected chi connectivity index (χ1v) is 7.16. The Balaban J connectivity index is 1.80. The van der Waals surface area contributed by atoms with Gasteiger partial charge in [-0.1, -0.05) is 12.1 Å². The standard InChI is InChI=1S/C15H14BrNO2/c16-12-5-2-1-4-10(12)15(18)17-13-6-3-7-14-11(13)8-9-19-14/h1-2,4-5,8-9,13H,3,6-7H2,(H,17,18). The molecule has 0 radical (unpaired) electrons. The Morgan fingerprint density at radius 3 is 3.00 bits per heavy atom. The van der Waals surface area contributed by atoms with Gasteiger partial charge in [0.25, 0.3) is 5.91 Å². The van der Waals surface area contributed by atoms with Gasteiger partial charge in [-0.2, -0.15) is 0 Å². The average Bonchev–Trinajstić information content (AvgIpc) is 2.88. The minimum Gasteiger partial charge on any atom is -0.469 e. The van der Waals surface area contributed by atoms with Crippen molar-refractivity contribution in [2.75, 3.05) is 0 Å². The molecule has 1 aromatic carbocycles. The molecule has 1 aliphatic carbocycles.